The average molecular weight is 279 g/mol. The van der Waals surface area contributed by atoms with Crippen LogP contribution in [0.15, 0.2) is 24.3 Å². The molecule has 0 aromatic heterocycles. The Labute approximate surface area is 116 Å². The molecule has 1 aromatic carbocycles. The Balaban J connectivity index is 2.14. The summed E-state index contributed by atoms with van der Waals surface area (Å²) in [5.74, 6) is -0.689. The van der Waals surface area contributed by atoms with Gasteiger partial charge in [-0.1, -0.05) is 19.1 Å². The summed E-state index contributed by atoms with van der Waals surface area (Å²) in [5, 5.41) is 2.66. The third-order valence-corrected chi connectivity index (χ3v) is 3.71. The molecule has 1 aliphatic heterocycles. The largest absolute Gasteiger partial charge is 0.325 e. The van der Waals surface area contributed by atoms with Crippen LogP contribution in [0.1, 0.15) is 31.9 Å². The number of carbonyl (C=O) groups excluding carboxylic acids is 2. The number of imide groups is 1. The Morgan fingerprint density at radius 1 is 1.45 bits per heavy atom. The van der Waals surface area contributed by atoms with Gasteiger partial charge in [-0.05, 0) is 31.0 Å². The van der Waals surface area contributed by atoms with Gasteiger partial charge in [-0.2, -0.15) is 0 Å². The van der Waals surface area contributed by atoms with Crippen molar-refractivity contribution >= 4 is 11.9 Å². The number of nitrogens with two attached hydrogens (primary N) is 1. The van der Waals surface area contributed by atoms with E-state index in [1.165, 1.54) is 12.1 Å². The first-order valence-electron chi connectivity index (χ1n) is 6.52. The maximum Gasteiger partial charge on any atom is 0.325 e. The molecule has 6 heteroatoms. The van der Waals surface area contributed by atoms with Gasteiger partial charge in [0.2, 0.25) is 0 Å². The fourth-order valence-electron chi connectivity index (χ4n) is 2.19. The van der Waals surface area contributed by atoms with Crippen molar-refractivity contribution < 1.29 is 14.0 Å². The van der Waals surface area contributed by atoms with E-state index in [0.717, 1.165) is 4.90 Å². The van der Waals surface area contributed by atoms with Crippen molar-refractivity contribution in [2.24, 2.45) is 5.73 Å². The van der Waals surface area contributed by atoms with Crippen LogP contribution in [0.5, 0.6) is 0 Å². The predicted octanol–water partition coefficient (Wildman–Crippen LogP) is 1.55. The molecule has 0 bridgehead atoms. The summed E-state index contributed by atoms with van der Waals surface area (Å²) >= 11 is 0. The van der Waals surface area contributed by atoms with Gasteiger partial charge in [0, 0.05) is 12.6 Å². The molecule has 108 valence electrons. The first kappa shape index (κ1) is 14.5. The third-order valence-electron chi connectivity index (χ3n) is 3.71. The van der Waals surface area contributed by atoms with Crippen molar-refractivity contribution in [2.45, 2.75) is 31.8 Å². The van der Waals surface area contributed by atoms with E-state index >= 15 is 0 Å². The Hall–Kier alpha value is -1.95. The van der Waals surface area contributed by atoms with Crippen LogP contribution in [-0.4, -0.2) is 28.9 Å². The molecule has 0 spiro atoms. The van der Waals surface area contributed by atoms with Crippen molar-refractivity contribution in [1.29, 1.82) is 0 Å². The molecule has 1 aromatic rings. The SMILES string of the molecule is CCC1(C)NC(=O)N(CC(N)c2cccc(F)c2)C1=O. The second-order valence-electron chi connectivity index (χ2n) is 5.19. The summed E-state index contributed by atoms with van der Waals surface area (Å²) < 4.78 is 13.2. The van der Waals surface area contributed by atoms with Crippen LogP contribution in [0.2, 0.25) is 0 Å². The summed E-state index contributed by atoms with van der Waals surface area (Å²) in [6.07, 6.45) is 0.503. The molecule has 3 N–H and O–H groups in total. The zero-order valence-electron chi connectivity index (χ0n) is 11.5. The summed E-state index contributed by atoms with van der Waals surface area (Å²) in [6.45, 7) is 3.54. The van der Waals surface area contributed by atoms with Crippen LogP contribution in [0, 0.1) is 5.82 Å². The van der Waals surface area contributed by atoms with Gasteiger partial charge in [-0.15, -0.1) is 0 Å². The zero-order valence-corrected chi connectivity index (χ0v) is 11.5. The van der Waals surface area contributed by atoms with Crippen LogP contribution in [0.4, 0.5) is 9.18 Å². The smallest absolute Gasteiger partial charge is 0.323 e. The third kappa shape index (κ3) is 2.51. The van der Waals surface area contributed by atoms with Crippen molar-refractivity contribution in [2.75, 3.05) is 6.54 Å². The molecule has 0 radical (unpaired) electrons. The van der Waals surface area contributed by atoms with Crippen LogP contribution in [0.3, 0.4) is 0 Å². The minimum absolute atomic E-state index is 0.0315. The number of nitrogens with zero attached hydrogens (tertiary/aromatic N) is 1. The quantitative estimate of drug-likeness (QED) is 0.821. The minimum Gasteiger partial charge on any atom is -0.323 e. The molecule has 1 aliphatic rings. The van der Waals surface area contributed by atoms with Gasteiger partial charge < -0.3 is 11.1 Å². The van der Waals surface area contributed by atoms with E-state index in [-0.39, 0.29) is 12.5 Å². The Bertz CT molecular complexity index is 549. The van der Waals surface area contributed by atoms with Crippen molar-refractivity contribution in [3.8, 4) is 0 Å². The van der Waals surface area contributed by atoms with Gasteiger partial charge >= 0.3 is 6.03 Å². The second kappa shape index (κ2) is 5.20. The molecule has 1 fully saturated rings. The van der Waals surface area contributed by atoms with Gasteiger partial charge in [0.1, 0.15) is 11.4 Å². The number of carbonyl (C=O) groups is 2. The highest BCUT2D eigenvalue weighted by Crippen LogP contribution is 2.23. The number of benzene rings is 1. The van der Waals surface area contributed by atoms with Gasteiger partial charge in [-0.25, -0.2) is 9.18 Å². The number of urea groups is 1. The van der Waals surface area contributed by atoms with Crippen LogP contribution in [0.25, 0.3) is 0 Å². The fraction of sp³-hybridized carbons (Fsp3) is 0.429. The molecule has 0 saturated carbocycles. The van der Waals surface area contributed by atoms with E-state index in [9.17, 15) is 14.0 Å². The molecule has 2 rings (SSSR count). The molecular formula is C14H18FN3O2. The fourth-order valence-corrected chi connectivity index (χ4v) is 2.19. The number of rotatable bonds is 4. The van der Waals surface area contributed by atoms with E-state index in [4.69, 9.17) is 5.73 Å². The van der Waals surface area contributed by atoms with Crippen LogP contribution >= 0.6 is 0 Å². The van der Waals surface area contributed by atoms with E-state index in [1.807, 2.05) is 6.92 Å². The second-order valence-corrected chi connectivity index (χ2v) is 5.19. The van der Waals surface area contributed by atoms with Crippen LogP contribution < -0.4 is 11.1 Å². The Morgan fingerprint density at radius 3 is 2.70 bits per heavy atom. The normalized spacial score (nSPS) is 23.9. The number of nitrogens with one attached hydrogen (secondary N) is 1. The summed E-state index contributed by atoms with van der Waals surface area (Å²) in [6, 6.07) is 4.78. The highest BCUT2D eigenvalue weighted by Gasteiger charge is 2.46. The van der Waals surface area contributed by atoms with Crippen molar-refractivity contribution in [3.05, 3.63) is 35.6 Å². The van der Waals surface area contributed by atoms with Crippen molar-refractivity contribution in [3.63, 3.8) is 0 Å². The molecule has 0 aliphatic carbocycles. The molecule has 2 atom stereocenters. The van der Waals surface area contributed by atoms with Crippen molar-refractivity contribution in [1.82, 2.24) is 10.2 Å². The van der Waals surface area contributed by atoms with Gasteiger partial charge in [-0.3, -0.25) is 9.69 Å². The molecule has 2 unspecified atom stereocenters. The lowest BCUT2D eigenvalue weighted by Crippen LogP contribution is -2.43. The maximum atomic E-state index is 13.2. The molecular weight excluding hydrogens is 261 g/mol. The molecule has 20 heavy (non-hydrogen) atoms. The zero-order chi connectivity index (χ0) is 14.9. The molecule has 3 amide bonds. The topological polar surface area (TPSA) is 75.4 Å². The van der Waals surface area contributed by atoms with Gasteiger partial charge in [0.25, 0.3) is 5.91 Å². The monoisotopic (exact) mass is 279 g/mol. The van der Waals surface area contributed by atoms with Gasteiger partial charge in [0.05, 0.1) is 0 Å². The highest BCUT2D eigenvalue weighted by atomic mass is 19.1. The number of hydrogen-bond donors (Lipinski definition) is 2. The van der Waals surface area contributed by atoms with Gasteiger partial charge in [0.15, 0.2) is 0 Å². The van der Waals surface area contributed by atoms with E-state index in [0.29, 0.717) is 12.0 Å². The predicted molar refractivity (Wildman–Crippen MR) is 72.3 cm³/mol. The lowest BCUT2D eigenvalue weighted by atomic mass is 9.99. The standard InChI is InChI=1S/C14H18FN3O2/c1-3-14(2)12(19)18(13(20)17-14)8-11(16)9-5-4-6-10(15)7-9/h4-7,11H,3,8,16H2,1-2H3,(H,17,20). The minimum atomic E-state index is -0.876. The van der Waals surface area contributed by atoms with E-state index in [2.05, 4.69) is 5.32 Å². The summed E-state index contributed by atoms with van der Waals surface area (Å²) in [7, 11) is 0. The average Bonchev–Trinajstić information content (AvgIpc) is 2.63. The lowest BCUT2D eigenvalue weighted by Gasteiger charge is -2.21. The number of amides is 3. The summed E-state index contributed by atoms with van der Waals surface area (Å²) in [4.78, 5) is 25.2. The first-order valence-corrected chi connectivity index (χ1v) is 6.52. The van der Waals surface area contributed by atoms with E-state index in [1.54, 1.807) is 19.1 Å². The molecule has 1 heterocycles. The molecule has 1 saturated heterocycles. The summed E-state index contributed by atoms with van der Waals surface area (Å²) in [5.41, 5.74) is 5.63. The number of halogens is 1. The maximum absolute atomic E-state index is 13.2. The van der Waals surface area contributed by atoms with E-state index < -0.39 is 23.4 Å². The Morgan fingerprint density at radius 2 is 2.15 bits per heavy atom. The Kier molecular flexibility index (Phi) is 3.76. The molecule has 5 nitrogen and oxygen atoms in total. The first-order chi connectivity index (χ1) is 9.37. The highest BCUT2D eigenvalue weighted by molar-refractivity contribution is 6.06. The lowest BCUT2D eigenvalue weighted by molar-refractivity contribution is -0.131. The number of hydrogen-bond acceptors (Lipinski definition) is 3. The van der Waals surface area contributed by atoms with Crippen LogP contribution in [-0.2, 0) is 4.79 Å².